The third-order valence-corrected chi connectivity index (χ3v) is 3.35. The van der Waals surface area contributed by atoms with Gasteiger partial charge in [-0.1, -0.05) is 23.4 Å². The van der Waals surface area contributed by atoms with E-state index in [0.717, 1.165) is 11.0 Å². The Kier molecular flexibility index (Phi) is 3.07. The number of hydrogen-bond acceptors (Lipinski definition) is 3. The van der Waals surface area contributed by atoms with Crippen LogP contribution in [0.5, 0.6) is 0 Å². The van der Waals surface area contributed by atoms with Crippen LogP contribution >= 0.6 is 23.4 Å². The molecule has 1 aromatic carbocycles. The number of rotatable bonds is 3. The fourth-order valence-corrected chi connectivity index (χ4v) is 2.18. The molecule has 2 aromatic rings. The monoisotopic (exact) mass is 255 g/mol. The minimum absolute atomic E-state index is 0.309. The van der Waals surface area contributed by atoms with Crippen molar-refractivity contribution >= 4 is 40.3 Å². The Hall–Kier alpha value is -1.20. The van der Waals surface area contributed by atoms with Gasteiger partial charge in [0.25, 0.3) is 0 Å². The van der Waals surface area contributed by atoms with Crippen LogP contribution in [0.2, 0.25) is 5.02 Å². The Morgan fingerprint density at radius 3 is 3.06 bits per heavy atom. The molecule has 0 radical (unpaired) electrons. The Balaban J connectivity index is 2.29. The molecule has 84 valence electrons. The average molecular weight is 256 g/mol. The van der Waals surface area contributed by atoms with Gasteiger partial charge in [-0.2, -0.15) is 0 Å². The number of fused-ring (bicyclic) bond motifs is 1. The summed E-state index contributed by atoms with van der Waals surface area (Å²) >= 11 is 7.15. The molecular weight excluding hydrogens is 246 g/mol. The van der Waals surface area contributed by atoms with E-state index in [9.17, 15) is 4.79 Å². The molecule has 1 aromatic heterocycles. The summed E-state index contributed by atoms with van der Waals surface area (Å²) in [5, 5.41) is 1.01. The molecule has 0 aliphatic heterocycles. The molecule has 4 nitrogen and oxygen atoms in total. The molecule has 0 bridgehead atoms. The lowest BCUT2D eigenvalue weighted by atomic mass is 10.3. The van der Waals surface area contributed by atoms with E-state index in [4.69, 9.17) is 17.3 Å². The van der Waals surface area contributed by atoms with Gasteiger partial charge in [0.2, 0.25) is 5.91 Å². The molecule has 0 saturated heterocycles. The van der Waals surface area contributed by atoms with Crippen LogP contribution in [-0.2, 0) is 4.79 Å². The summed E-state index contributed by atoms with van der Waals surface area (Å²) in [5.41, 5.74) is 6.86. The summed E-state index contributed by atoms with van der Waals surface area (Å²) in [5.74, 6) is -0.358. The number of imidazole rings is 1. The fraction of sp³-hybridized carbons (Fsp3) is 0.200. The number of carbonyl (C=O) groups excluding carboxylic acids is 1. The van der Waals surface area contributed by atoms with Crippen molar-refractivity contribution in [1.82, 2.24) is 9.97 Å². The lowest BCUT2D eigenvalue weighted by Gasteiger charge is -2.02. The number of nitrogens with one attached hydrogen (secondary N) is 1. The van der Waals surface area contributed by atoms with Gasteiger partial charge in [-0.05, 0) is 25.1 Å². The van der Waals surface area contributed by atoms with Crippen molar-refractivity contribution in [2.24, 2.45) is 5.73 Å². The normalized spacial score (nSPS) is 12.9. The van der Waals surface area contributed by atoms with Crippen LogP contribution < -0.4 is 5.73 Å². The van der Waals surface area contributed by atoms with Crippen LogP contribution in [-0.4, -0.2) is 21.1 Å². The number of aromatic amines is 1. The van der Waals surface area contributed by atoms with E-state index in [1.807, 2.05) is 6.07 Å². The Bertz CT molecular complexity index is 540. The molecule has 0 fully saturated rings. The second-order valence-electron chi connectivity index (χ2n) is 3.37. The third-order valence-electron chi connectivity index (χ3n) is 2.11. The van der Waals surface area contributed by atoms with Crippen LogP contribution in [0.1, 0.15) is 6.92 Å². The highest BCUT2D eigenvalue weighted by atomic mass is 35.5. The number of amides is 1. The van der Waals surface area contributed by atoms with Gasteiger partial charge < -0.3 is 10.7 Å². The van der Waals surface area contributed by atoms with Crippen molar-refractivity contribution in [3.8, 4) is 0 Å². The van der Waals surface area contributed by atoms with Crippen molar-refractivity contribution in [3.63, 3.8) is 0 Å². The number of nitrogens with zero attached hydrogens (tertiary/aromatic N) is 1. The number of thioether (sulfide) groups is 1. The zero-order valence-electron chi connectivity index (χ0n) is 8.53. The quantitative estimate of drug-likeness (QED) is 0.826. The number of H-pyrrole nitrogens is 1. The summed E-state index contributed by atoms with van der Waals surface area (Å²) < 4.78 is 0. The van der Waals surface area contributed by atoms with E-state index in [0.29, 0.717) is 10.2 Å². The van der Waals surface area contributed by atoms with Gasteiger partial charge >= 0.3 is 0 Å². The number of nitrogens with two attached hydrogens (primary N) is 1. The number of aromatic nitrogens is 2. The van der Waals surface area contributed by atoms with Crippen LogP contribution in [0.25, 0.3) is 11.0 Å². The maximum atomic E-state index is 10.9. The highest BCUT2D eigenvalue weighted by Gasteiger charge is 2.13. The van der Waals surface area contributed by atoms with E-state index in [1.165, 1.54) is 11.8 Å². The highest BCUT2D eigenvalue weighted by Crippen LogP contribution is 2.24. The van der Waals surface area contributed by atoms with Crippen molar-refractivity contribution in [2.45, 2.75) is 17.3 Å². The van der Waals surface area contributed by atoms with Crippen molar-refractivity contribution in [2.75, 3.05) is 0 Å². The summed E-state index contributed by atoms with van der Waals surface area (Å²) in [6, 6.07) is 5.40. The molecule has 16 heavy (non-hydrogen) atoms. The van der Waals surface area contributed by atoms with Gasteiger partial charge in [0, 0.05) is 5.02 Å². The minimum Gasteiger partial charge on any atom is -0.369 e. The zero-order chi connectivity index (χ0) is 11.7. The Morgan fingerprint density at radius 2 is 2.38 bits per heavy atom. The van der Waals surface area contributed by atoms with Gasteiger partial charge in [-0.15, -0.1) is 0 Å². The van der Waals surface area contributed by atoms with Crippen LogP contribution in [0.4, 0.5) is 0 Å². The van der Waals surface area contributed by atoms with Gasteiger partial charge in [0.15, 0.2) is 5.16 Å². The molecule has 0 unspecified atom stereocenters. The van der Waals surface area contributed by atoms with Gasteiger partial charge in [0.1, 0.15) is 0 Å². The molecule has 0 aliphatic rings. The van der Waals surface area contributed by atoms with Crippen LogP contribution in [0.15, 0.2) is 23.4 Å². The summed E-state index contributed by atoms with van der Waals surface area (Å²) in [7, 11) is 0. The standard InChI is InChI=1S/C10H10ClN3OS/c1-5(9(12)15)16-10-13-7-3-2-6(11)4-8(7)14-10/h2-5H,1H3,(H2,12,15)(H,13,14)/t5-/m1/s1. The molecule has 1 amide bonds. The molecule has 1 atom stereocenters. The second-order valence-corrected chi connectivity index (χ2v) is 5.13. The van der Waals surface area contributed by atoms with E-state index in [-0.39, 0.29) is 11.2 Å². The number of primary amides is 1. The van der Waals surface area contributed by atoms with E-state index >= 15 is 0 Å². The number of benzene rings is 1. The minimum atomic E-state index is -0.358. The summed E-state index contributed by atoms with van der Waals surface area (Å²) in [6.07, 6.45) is 0. The third kappa shape index (κ3) is 2.31. The molecular formula is C10H10ClN3OS. The molecule has 0 saturated carbocycles. The lowest BCUT2D eigenvalue weighted by molar-refractivity contribution is -0.117. The molecule has 0 aliphatic carbocycles. The number of carbonyl (C=O) groups is 1. The first-order valence-corrected chi connectivity index (χ1v) is 5.93. The first-order valence-electron chi connectivity index (χ1n) is 4.67. The first-order chi connectivity index (χ1) is 7.56. The maximum absolute atomic E-state index is 10.9. The molecule has 0 spiro atoms. The molecule has 6 heteroatoms. The Morgan fingerprint density at radius 1 is 1.62 bits per heavy atom. The molecule has 3 N–H and O–H groups in total. The van der Waals surface area contributed by atoms with Gasteiger partial charge in [0.05, 0.1) is 16.3 Å². The van der Waals surface area contributed by atoms with Gasteiger partial charge in [-0.25, -0.2) is 4.98 Å². The van der Waals surface area contributed by atoms with E-state index < -0.39 is 0 Å². The average Bonchev–Trinajstić information content (AvgIpc) is 2.58. The zero-order valence-corrected chi connectivity index (χ0v) is 10.1. The Labute approximate surface area is 102 Å². The van der Waals surface area contributed by atoms with Crippen LogP contribution in [0.3, 0.4) is 0 Å². The van der Waals surface area contributed by atoms with Crippen LogP contribution in [0, 0.1) is 0 Å². The number of hydrogen-bond donors (Lipinski definition) is 2. The molecule has 1 heterocycles. The van der Waals surface area contributed by atoms with Crippen molar-refractivity contribution in [3.05, 3.63) is 23.2 Å². The smallest absolute Gasteiger partial charge is 0.230 e. The van der Waals surface area contributed by atoms with E-state index in [2.05, 4.69) is 9.97 Å². The predicted molar refractivity (Wildman–Crippen MR) is 65.6 cm³/mol. The van der Waals surface area contributed by atoms with Crippen molar-refractivity contribution in [1.29, 1.82) is 0 Å². The predicted octanol–water partition coefficient (Wildman–Crippen LogP) is 2.18. The topological polar surface area (TPSA) is 71.8 Å². The lowest BCUT2D eigenvalue weighted by Crippen LogP contribution is -2.22. The number of halogens is 1. The summed E-state index contributed by atoms with van der Waals surface area (Å²) in [4.78, 5) is 18.3. The SMILES string of the molecule is C[C@@H](Sc1nc2ccc(Cl)cc2[nH]1)C(N)=O. The van der Waals surface area contributed by atoms with Gasteiger partial charge in [-0.3, -0.25) is 4.79 Å². The second kappa shape index (κ2) is 4.35. The fourth-order valence-electron chi connectivity index (χ4n) is 1.24. The first kappa shape index (κ1) is 11.3. The highest BCUT2D eigenvalue weighted by molar-refractivity contribution is 8.00. The maximum Gasteiger partial charge on any atom is 0.230 e. The van der Waals surface area contributed by atoms with Crippen molar-refractivity contribution < 1.29 is 4.79 Å². The largest absolute Gasteiger partial charge is 0.369 e. The summed E-state index contributed by atoms with van der Waals surface area (Å²) in [6.45, 7) is 1.74. The molecule has 2 rings (SSSR count). The van der Waals surface area contributed by atoms with E-state index in [1.54, 1.807) is 19.1 Å².